The molecule has 116 valence electrons. The Morgan fingerprint density at radius 1 is 1.17 bits per heavy atom. The number of fused-ring (bicyclic) bond motifs is 1. The zero-order chi connectivity index (χ0) is 15.6. The predicted octanol–water partition coefficient (Wildman–Crippen LogP) is 3.78. The third-order valence-corrected chi connectivity index (χ3v) is 4.37. The first-order chi connectivity index (χ1) is 11.3. The minimum Gasteiger partial charge on any atom is -0.454 e. The van der Waals surface area contributed by atoms with Crippen LogP contribution in [0.4, 0.5) is 22.5 Å². The van der Waals surface area contributed by atoms with Gasteiger partial charge in [0.25, 0.3) is 0 Å². The molecule has 0 atom stereocenters. The lowest BCUT2D eigenvalue weighted by Gasteiger charge is -2.15. The Kier molecular flexibility index (Phi) is 3.47. The molecule has 0 saturated carbocycles. The number of hydrogen-bond acceptors (Lipinski definition) is 7. The molecular formula is C16H14N4O2S. The maximum atomic E-state index is 5.39. The van der Waals surface area contributed by atoms with Crippen molar-refractivity contribution in [3.63, 3.8) is 0 Å². The van der Waals surface area contributed by atoms with Crippen molar-refractivity contribution in [3.8, 4) is 11.5 Å². The van der Waals surface area contributed by atoms with Crippen LogP contribution in [0.1, 0.15) is 0 Å². The third-order valence-electron chi connectivity index (χ3n) is 3.42. The van der Waals surface area contributed by atoms with Crippen LogP contribution in [0.2, 0.25) is 0 Å². The number of hydrogen-bond donors (Lipinski definition) is 1. The molecule has 1 N–H and O–H groups in total. The number of anilines is 4. The largest absolute Gasteiger partial charge is 0.454 e. The molecule has 6 nitrogen and oxygen atoms in total. The molecule has 1 aliphatic rings. The van der Waals surface area contributed by atoms with Crippen molar-refractivity contribution in [2.75, 3.05) is 24.1 Å². The summed E-state index contributed by atoms with van der Waals surface area (Å²) in [6.45, 7) is 0.266. The zero-order valence-corrected chi connectivity index (χ0v) is 13.2. The second-order valence-corrected chi connectivity index (χ2v) is 5.87. The van der Waals surface area contributed by atoms with Crippen molar-refractivity contribution >= 4 is 33.8 Å². The standard InChI is InChI=1S/C16H14N4O2S/c1-20(15-3-2-8-23-15)16-17-7-6-14(19-16)18-11-4-5-12-13(9-11)22-10-21-12/h2-9H,10H2,1H3,(H,17,18,19). The Bertz CT molecular complexity index is 823. The van der Waals surface area contributed by atoms with Crippen molar-refractivity contribution in [3.05, 3.63) is 48.0 Å². The van der Waals surface area contributed by atoms with Gasteiger partial charge >= 0.3 is 0 Å². The Morgan fingerprint density at radius 2 is 2.09 bits per heavy atom. The van der Waals surface area contributed by atoms with Gasteiger partial charge < -0.3 is 19.7 Å². The fourth-order valence-electron chi connectivity index (χ4n) is 2.26. The van der Waals surface area contributed by atoms with Crippen LogP contribution in [-0.2, 0) is 0 Å². The van der Waals surface area contributed by atoms with E-state index in [0.717, 1.165) is 28.0 Å². The van der Waals surface area contributed by atoms with Gasteiger partial charge in [0.05, 0.1) is 5.00 Å². The highest BCUT2D eigenvalue weighted by Gasteiger charge is 2.14. The Balaban J connectivity index is 1.57. The van der Waals surface area contributed by atoms with Gasteiger partial charge in [-0.05, 0) is 35.7 Å². The fraction of sp³-hybridized carbons (Fsp3) is 0.125. The summed E-state index contributed by atoms with van der Waals surface area (Å²) in [6.07, 6.45) is 1.74. The summed E-state index contributed by atoms with van der Waals surface area (Å²) < 4.78 is 10.7. The zero-order valence-electron chi connectivity index (χ0n) is 12.4. The van der Waals surface area contributed by atoms with Gasteiger partial charge in [-0.1, -0.05) is 0 Å². The molecule has 0 radical (unpaired) electrons. The Hall–Kier alpha value is -2.80. The van der Waals surface area contributed by atoms with Crippen LogP contribution in [0.3, 0.4) is 0 Å². The number of nitrogens with zero attached hydrogens (tertiary/aromatic N) is 3. The summed E-state index contributed by atoms with van der Waals surface area (Å²) in [5, 5.41) is 6.38. The number of thiophene rings is 1. The fourth-order valence-corrected chi connectivity index (χ4v) is 2.95. The molecule has 2 aromatic heterocycles. The van der Waals surface area contributed by atoms with E-state index >= 15 is 0 Å². The summed E-state index contributed by atoms with van der Waals surface area (Å²) in [5.74, 6) is 2.85. The van der Waals surface area contributed by atoms with Crippen molar-refractivity contribution in [2.24, 2.45) is 0 Å². The topological polar surface area (TPSA) is 59.5 Å². The van der Waals surface area contributed by atoms with Gasteiger partial charge in [0.2, 0.25) is 12.7 Å². The van der Waals surface area contributed by atoms with Gasteiger partial charge in [-0.2, -0.15) is 4.98 Å². The van der Waals surface area contributed by atoms with Crippen LogP contribution >= 0.6 is 11.3 Å². The summed E-state index contributed by atoms with van der Waals surface area (Å²) >= 11 is 1.64. The second kappa shape index (κ2) is 5.77. The molecule has 23 heavy (non-hydrogen) atoms. The maximum absolute atomic E-state index is 5.39. The maximum Gasteiger partial charge on any atom is 0.232 e. The summed E-state index contributed by atoms with van der Waals surface area (Å²) in [6, 6.07) is 11.6. The van der Waals surface area contributed by atoms with Gasteiger partial charge in [-0.3, -0.25) is 0 Å². The van der Waals surface area contributed by atoms with Crippen LogP contribution in [-0.4, -0.2) is 23.8 Å². The summed E-state index contributed by atoms with van der Waals surface area (Å²) in [7, 11) is 1.95. The van der Waals surface area contributed by atoms with Crippen molar-refractivity contribution in [2.45, 2.75) is 0 Å². The van der Waals surface area contributed by atoms with Crippen LogP contribution in [0.5, 0.6) is 11.5 Å². The van der Waals surface area contributed by atoms with E-state index in [9.17, 15) is 0 Å². The van der Waals surface area contributed by atoms with E-state index in [1.165, 1.54) is 0 Å². The van der Waals surface area contributed by atoms with E-state index in [2.05, 4.69) is 15.3 Å². The Morgan fingerprint density at radius 3 is 2.96 bits per heavy atom. The van der Waals surface area contributed by atoms with Crippen molar-refractivity contribution < 1.29 is 9.47 Å². The summed E-state index contributed by atoms with van der Waals surface area (Å²) in [5.41, 5.74) is 0.887. The smallest absolute Gasteiger partial charge is 0.232 e. The van der Waals surface area contributed by atoms with E-state index in [1.807, 2.05) is 53.7 Å². The molecule has 0 aliphatic carbocycles. The number of nitrogens with one attached hydrogen (secondary N) is 1. The van der Waals surface area contributed by atoms with E-state index in [4.69, 9.17) is 9.47 Å². The van der Waals surface area contributed by atoms with E-state index in [1.54, 1.807) is 17.5 Å². The molecule has 1 aliphatic heterocycles. The molecule has 4 rings (SSSR count). The lowest BCUT2D eigenvalue weighted by atomic mass is 10.3. The van der Waals surface area contributed by atoms with Crippen LogP contribution in [0.15, 0.2) is 48.0 Å². The average Bonchev–Trinajstić information content (AvgIpc) is 3.25. The monoisotopic (exact) mass is 326 g/mol. The number of ether oxygens (including phenoxy) is 2. The molecule has 3 heterocycles. The SMILES string of the molecule is CN(c1nccc(Nc2ccc3c(c2)OCO3)n1)c1cccs1. The lowest BCUT2D eigenvalue weighted by molar-refractivity contribution is 0.174. The summed E-state index contributed by atoms with van der Waals surface area (Å²) in [4.78, 5) is 10.8. The second-order valence-electron chi connectivity index (χ2n) is 4.95. The molecule has 0 spiro atoms. The predicted molar refractivity (Wildman–Crippen MR) is 90.3 cm³/mol. The normalized spacial score (nSPS) is 12.2. The van der Waals surface area contributed by atoms with Gasteiger partial charge in [-0.25, -0.2) is 4.98 Å². The van der Waals surface area contributed by atoms with Gasteiger partial charge in [0.1, 0.15) is 5.82 Å². The minimum atomic E-state index is 0.266. The van der Waals surface area contributed by atoms with Gasteiger partial charge in [0.15, 0.2) is 11.5 Å². The van der Waals surface area contributed by atoms with Gasteiger partial charge in [-0.15, -0.1) is 11.3 Å². The van der Waals surface area contributed by atoms with Crippen molar-refractivity contribution in [1.29, 1.82) is 0 Å². The first-order valence-corrected chi connectivity index (χ1v) is 7.94. The van der Waals surface area contributed by atoms with Crippen LogP contribution in [0, 0.1) is 0 Å². The highest BCUT2D eigenvalue weighted by molar-refractivity contribution is 7.14. The molecule has 0 fully saturated rings. The molecule has 0 saturated heterocycles. The molecule has 0 unspecified atom stereocenters. The molecule has 0 bridgehead atoms. The first-order valence-electron chi connectivity index (χ1n) is 7.06. The Labute approximate surface area is 137 Å². The highest BCUT2D eigenvalue weighted by Crippen LogP contribution is 2.35. The van der Waals surface area contributed by atoms with Crippen LogP contribution in [0.25, 0.3) is 0 Å². The minimum absolute atomic E-state index is 0.266. The first kappa shape index (κ1) is 13.8. The average molecular weight is 326 g/mol. The van der Waals surface area contributed by atoms with E-state index in [0.29, 0.717) is 5.95 Å². The molecular weight excluding hydrogens is 312 g/mol. The van der Waals surface area contributed by atoms with Crippen molar-refractivity contribution in [1.82, 2.24) is 9.97 Å². The third kappa shape index (κ3) is 2.78. The quantitative estimate of drug-likeness (QED) is 0.787. The molecule has 1 aromatic carbocycles. The van der Waals surface area contributed by atoms with E-state index < -0.39 is 0 Å². The van der Waals surface area contributed by atoms with E-state index in [-0.39, 0.29) is 6.79 Å². The lowest BCUT2D eigenvalue weighted by Crippen LogP contribution is -2.12. The number of benzene rings is 1. The molecule has 0 amide bonds. The van der Waals surface area contributed by atoms with Crippen LogP contribution < -0.4 is 19.7 Å². The molecule has 3 aromatic rings. The van der Waals surface area contributed by atoms with Gasteiger partial charge in [0, 0.05) is 25.0 Å². The number of rotatable bonds is 4. The number of aromatic nitrogens is 2. The highest BCUT2D eigenvalue weighted by atomic mass is 32.1. The molecule has 7 heteroatoms.